The zero-order valence-electron chi connectivity index (χ0n) is 16.9. The van der Waals surface area contributed by atoms with Gasteiger partial charge in [0.1, 0.15) is 5.75 Å². The van der Waals surface area contributed by atoms with Crippen molar-refractivity contribution in [1.29, 1.82) is 0 Å². The summed E-state index contributed by atoms with van der Waals surface area (Å²) in [6.07, 6.45) is 2.10. The number of para-hydroxylation sites is 1. The fourth-order valence-corrected chi connectivity index (χ4v) is 3.19. The number of carbonyl (C=O) groups excluding carboxylic acids is 2. The normalized spacial score (nSPS) is 16.0. The minimum Gasteiger partial charge on any atom is -0.494 e. The summed E-state index contributed by atoms with van der Waals surface area (Å²) >= 11 is 0. The summed E-state index contributed by atoms with van der Waals surface area (Å²) in [5, 5.41) is 2.99. The highest BCUT2D eigenvalue weighted by Crippen LogP contribution is 2.20. The van der Waals surface area contributed by atoms with Gasteiger partial charge in [0.05, 0.1) is 13.2 Å². The first-order chi connectivity index (χ1) is 13.0. The molecule has 0 radical (unpaired) electrons. The Morgan fingerprint density at radius 2 is 1.85 bits per heavy atom. The molecule has 0 spiro atoms. The highest BCUT2D eigenvalue weighted by Gasteiger charge is 2.22. The van der Waals surface area contributed by atoms with Crippen molar-refractivity contribution in [2.45, 2.75) is 46.1 Å². The van der Waals surface area contributed by atoms with Gasteiger partial charge >= 0.3 is 0 Å². The Morgan fingerprint density at radius 3 is 2.52 bits per heavy atom. The Labute approximate surface area is 162 Å². The molecule has 0 aromatic heterocycles. The first-order valence-corrected chi connectivity index (χ1v) is 10.0. The number of piperazine rings is 1. The number of hydrogen-bond acceptors (Lipinski definition) is 4. The van der Waals surface area contributed by atoms with Gasteiger partial charge in [0, 0.05) is 38.6 Å². The predicted molar refractivity (Wildman–Crippen MR) is 107 cm³/mol. The van der Waals surface area contributed by atoms with Gasteiger partial charge in [-0.3, -0.25) is 14.5 Å². The highest BCUT2D eigenvalue weighted by molar-refractivity contribution is 5.78. The number of aryl methyl sites for hydroxylation is 1. The van der Waals surface area contributed by atoms with Crippen LogP contribution in [0.25, 0.3) is 0 Å². The third-order valence-electron chi connectivity index (χ3n) is 4.99. The number of nitrogens with one attached hydrogen (secondary N) is 1. The predicted octanol–water partition coefficient (Wildman–Crippen LogP) is 2.08. The van der Waals surface area contributed by atoms with E-state index in [1.807, 2.05) is 43.0 Å². The minimum atomic E-state index is 0.0663. The molecule has 0 bridgehead atoms. The van der Waals surface area contributed by atoms with Crippen LogP contribution in [0.15, 0.2) is 24.3 Å². The molecule has 1 aliphatic rings. The van der Waals surface area contributed by atoms with Crippen LogP contribution in [-0.2, 0) is 16.0 Å². The van der Waals surface area contributed by atoms with E-state index in [4.69, 9.17) is 4.74 Å². The summed E-state index contributed by atoms with van der Waals surface area (Å²) in [4.78, 5) is 28.6. The lowest BCUT2D eigenvalue weighted by Gasteiger charge is -2.34. The third kappa shape index (κ3) is 6.86. The van der Waals surface area contributed by atoms with Gasteiger partial charge in [-0.15, -0.1) is 0 Å². The Morgan fingerprint density at radius 1 is 1.15 bits per heavy atom. The Bertz CT molecular complexity index is 612. The van der Waals surface area contributed by atoms with E-state index >= 15 is 0 Å². The van der Waals surface area contributed by atoms with Gasteiger partial charge in [-0.1, -0.05) is 25.1 Å². The van der Waals surface area contributed by atoms with Crippen molar-refractivity contribution in [3.63, 3.8) is 0 Å². The molecule has 1 N–H and O–H groups in total. The molecule has 6 nitrogen and oxygen atoms in total. The maximum Gasteiger partial charge on any atom is 0.234 e. The molecule has 2 rings (SSSR count). The number of carbonyl (C=O) groups is 2. The summed E-state index contributed by atoms with van der Waals surface area (Å²) < 4.78 is 5.63. The van der Waals surface area contributed by atoms with Crippen molar-refractivity contribution < 1.29 is 14.3 Å². The molecule has 6 heteroatoms. The number of ether oxygens (including phenoxy) is 1. The van der Waals surface area contributed by atoms with Crippen LogP contribution in [0, 0.1) is 0 Å². The SMILES string of the molecule is CCOc1ccccc1CCC(=O)N1CCN(CC(=O)NC(C)CC)CC1. The minimum absolute atomic E-state index is 0.0663. The van der Waals surface area contributed by atoms with Crippen molar-refractivity contribution in [3.8, 4) is 5.75 Å². The van der Waals surface area contributed by atoms with Gasteiger partial charge in [-0.25, -0.2) is 0 Å². The molecule has 1 unspecified atom stereocenters. The molecule has 0 saturated carbocycles. The number of benzene rings is 1. The van der Waals surface area contributed by atoms with Crippen molar-refractivity contribution in [2.24, 2.45) is 0 Å². The molecule has 2 amide bonds. The van der Waals surface area contributed by atoms with Gasteiger partial charge in [0.25, 0.3) is 0 Å². The monoisotopic (exact) mass is 375 g/mol. The maximum absolute atomic E-state index is 12.5. The van der Waals surface area contributed by atoms with Crippen LogP contribution in [0.4, 0.5) is 0 Å². The van der Waals surface area contributed by atoms with Crippen molar-refractivity contribution >= 4 is 11.8 Å². The standard InChI is InChI=1S/C21H33N3O3/c1-4-17(3)22-20(25)16-23-12-14-24(15-13-23)21(26)11-10-18-8-6-7-9-19(18)27-5-2/h6-9,17H,4-5,10-16H2,1-3H3,(H,22,25). The van der Waals surface area contributed by atoms with Crippen LogP contribution in [0.2, 0.25) is 0 Å². The van der Waals surface area contributed by atoms with Crippen LogP contribution in [0.5, 0.6) is 5.75 Å². The van der Waals surface area contributed by atoms with Crippen LogP contribution in [0.3, 0.4) is 0 Å². The fourth-order valence-electron chi connectivity index (χ4n) is 3.19. The molecular formula is C21H33N3O3. The number of nitrogens with zero attached hydrogens (tertiary/aromatic N) is 2. The molecule has 1 atom stereocenters. The van der Waals surface area contributed by atoms with E-state index in [2.05, 4.69) is 17.1 Å². The average molecular weight is 376 g/mol. The molecule has 1 aromatic carbocycles. The van der Waals surface area contributed by atoms with E-state index in [9.17, 15) is 9.59 Å². The first-order valence-electron chi connectivity index (χ1n) is 10.0. The quantitative estimate of drug-likeness (QED) is 0.718. The van der Waals surface area contributed by atoms with E-state index < -0.39 is 0 Å². The lowest BCUT2D eigenvalue weighted by atomic mass is 10.1. The van der Waals surface area contributed by atoms with E-state index in [0.29, 0.717) is 39.1 Å². The summed E-state index contributed by atoms with van der Waals surface area (Å²) in [5.74, 6) is 1.10. The lowest BCUT2D eigenvalue weighted by molar-refractivity contribution is -0.133. The second-order valence-corrected chi connectivity index (χ2v) is 7.07. The Balaban J connectivity index is 1.74. The molecule has 1 heterocycles. The smallest absolute Gasteiger partial charge is 0.234 e. The second kappa shape index (κ2) is 10.9. The lowest BCUT2D eigenvalue weighted by Crippen LogP contribution is -2.51. The molecule has 1 aromatic rings. The van der Waals surface area contributed by atoms with E-state index in [0.717, 1.165) is 30.8 Å². The number of hydrogen-bond donors (Lipinski definition) is 1. The van der Waals surface area contributed by atoms with Crippen LogP contribution < -0.4 is 10.1 Å². The fraction of sp³-hybridized carbons (Fsp3) is 0.619. The topological polar surface area (TPSA) is 61.9 Å². The first kappa shape index (κ1) is 21.2. The number of rotatable bonds is 9. The third-order valence-corrected chi connectivity index (χ3v) is 4.99. The van der Waals surface area contributed by atoms with Gasteiger partial charge in [0.15, 0.2) is 0 Å². The molecule has 1 fully saturated rings. The Hall–Kier alpha value is -2.08. The van der Waals surface area contributed by atoms with Crippen LogP contribution in [-0.4, -0.2) is 67.0 Å². The zero-order valence-corrected chi connectivity index (χ0v) is 16.9. The summed E-state index contributed by atoms with van der Waals surface area (Å²) in [6, 6.07) is 8.11. The van der Waals surface area contributed by atoms with E-state index in [1.165, 1.54) is 0 Å². The molecular weight excluding hydrogens is 342 g/mol. The molecule has 1 saturated heterocycles. The van der Waals surface area contributed by atoms with E-state index in [1.54, 1.807) is 0 Å². The maximum atomic E-state index is 12.5. The zero-order chi connectivity index (χ0) is 19.6. The van der Waals surface area contributed by atoms with Gasteiger partial charge in [0.2, 0.25) is 11.8 Å². The highest BCUT2D eigenvalue weighted by atomic mass is 16.5. The van der Waals surface area contributed by atoms with Crippen LogP contribution in [0.1, 0.15) is 39.2 Å². The van der Waals surface area contributed by atoms with Gasteiger partial charge in [-0.05, 0) is 38.3 Å². The molecule has 1 aliphatic heterocycles. The van der Waals surface area contributed by atoms with Crippen molar-refractivity contribution in [1.82, 2.24) is 15.1 Å². The molecule has 0 aliphatic carbocycles. The van der Waals surface area contributed by atoms with Crippen molar-refractivity contribution in [3.05, 3.63) is 29.8 Å². The molecule has 27 heavy (non-hydrogen) atoms. The number of amides is 2. The summed E-state index contributed by atoms with van der Waals surface area (Å²) in [7, 11) is 0. The van der Waals surface area contributed by atoms with Crippen LogP contribution >= 0.6 is 0 Å². The summed E-state index contributed by atoms with van der Waals surface area (Å²) in [6.45, 7) is 9.92. The molecule has 150 valence electrons. The average Bonchev–Trinajstić information content (AvgIpc) is 2.67. The van der Waals surface area contributed by atoms with Crippen molar-refractivity contribution in [2.75, 3.05) is 39.3 Å². The van der Waals surface area contributed by atoms with Gasteiger partial charge < -0.3 is 15.0 Å². The Kier molecular flexibility index (Phi) is 8.58. The largest absolute Gasteiger partial charge is 0.494 e. The van der Waals surface area contributed by atoms with Gasteiger partial charge in [-0.2, -0.15) is 0 Å². The summed E-state index contributed by atoms with van der Waals surface area (Å²) in [5.41, 5.74) is 1.08. The van der Waals surface area contributed by atoms with E-state index in [-0.39, 0.29) is 17.9 Å². The second-order valence-electron chi connectivity index (χ2n) is 7.07.